The number of furan rings is 1. The quantitative estimate of drug-likeness (QED) is 0.228. The zero-order chi connectivity index (χ0) is 26.8. The molecule has 39 heavy (non-hydrogen) atoms. The second kappa shape index (κ2) is 10.3. The predicted molar refractivity (Wildman–Crippen MR) is 148 cm³/mol. The number of nitrogens with zero attached hydrogens (tertiary/aromatic N) is 3. The van der Waals surface area contributed by atoms with E-state index < -0.39 is 0 Å². The van der Waals surface area contributed by atoms with Gasteiger partial charge in [0.25, 0.3) is 5.56 Å². The molecule has 8 heteroatoms. The van der Waals surface area contributed by atoms with E-state index in [2.05, 4.69) is 5.10 Å². The van der Waals surface area contributed by atoms with Crippen LogP contribution in [-0.2, 0) is 6.61 Å². The highest BCUT2D eigenvalue weighted by atomic mass is 19.1. The summed E-state index contributed by atoms with van der Waals surface area (Å²) in [7, 11) is 1.54. The van der Waals surface area contributed by atoms with Gasteiger partial charge >= 0.3 is 0 Å². The third kappa shape index (κ3) is 4.87. The summed E-state index contributed by atoms with van der Waals surface area (Å²) in [6, 6.07) is 28.0. The first-order chi connectivity index (χ1) is 19.1. The number of para-hydroxylation sites is 2. The molecule has 0 aliphatic carbocycles. The molecule has 6 aromatic rings. The van der Waals surface area contributed by atoms with Crippen molar-refractivity contribution in [3.63, 3.8) is 0 Å². The fourth-order valence-corrected chi connectivity index (χ4v) is 4.23. The number of halogens is 1. The maximum atomic E-state index is 13.5. The van der Waals surface area contributed by atoms with Crippen molar-refractivity contribution in [1.29, 1.82) is 0 Å². The Morgan fingerprint density at radius 1 is 0.949 bits per heavy atom. The maximum Gasteiger partial charge on any atom is 0.282 e. The molecular formula is C31H22FN3O4. The van der Waals surface area contributed by atoms with Gasteiger partial charge in [-0.25, -0.2) is 9.37 Å². The molecule has 0 saturated heterocycles. The number of ether oxygens (including phenoxy) is 2. The number of aromatic nitrogens is 2. The van der Waals surface area contributed by atoms with Gasteiger partial charge in [0.2, 0.25) is 5.82 Å². The molecule has 0 atom stereocenters. The summed E-state index contributed by atoms with van der Waals surface area (Å²) in [4.78, 5) is 18.2. The highest BCUT2D eigenvalue weighted by Gasteiger charge is 2.16. The van der Waals surface area contributed by atoms with Crippen LogP contribution in [0.4, 0.5) is 4.39 Å². The first-order valence-corrected chi connectivity index (χ1v) is 12.2. The molecule has 2 heterocycles. The van der Waals surface area contributed by atoms with E-state index in [-0.39, 0.29) is 23.8 Å². The van der Waals surface area contributed by atoms with Crippen LogP contribution in [0.15, 0.2) is 111 Å². The molecule has 4 aromatic carbocycles. The number of rotatable bonds is 7. The second-order valence-electron chi connectivity index (χ2n) is 8.79. The predicted octanol–water partition coefficient (Wildman–Crippen LogP) is 6.42. The van der Waals surface area contributed by atoms with Crippen LogP contribution in [0.5, 0.6) is 11.5 Å². The minimum Gasteiger partial charge on any atom is -0.493 e. The maximum absolute atomic E-state index is 13.5. The van der Waals surface area contributed by atoms with E-state index in [0.29, 0.717) is 39.3 Å². The third-order valence-corrected chi connectivity index (χ3v) is 6.22. The number of hydrogen-bond donors (Lipinski definition) is 0. The van der Waals surface area contributed by atoms with E-state index in [1.165, 1.54) is 16.8 Å². The first-order valence-electron chi connectivity index (χ1n) is 12.2. The fourth-order valence-electron chi connectivity index (χ4n) is 4.23. The molecule has 0 N–H and O–H groups in total. The van der Waals surface area contributed by atoms with Gasteiger partial charge in [0.05, 0.1) is 24.2 Å². The van der Waals surface area contributed by atoms with Crippen molar-refractivity contribution in [3.8, 4) is 23.1 Å². The van der Waals surface area contributed by atoms with Crippen LogP contribution in [-0.4, -0.2) is 23.0 Å². The molecule has 0 aliphatic heterocycles. The molecule has 0 aliphatic rings. The Balaban J connectivity index is 1.36. The van der Waals surface area contributed by atoms with Gasteiger partial charge in [-0.1, -0.05) is 42.5 Å². The molecule has 0 amide bonds. The molecule has 192 valence electrons. The standard InChI is InChI=1S/C31H22FN3O4/c1-37-28-16-21(12-15-27(28)38-19-20-10-13-23(32)14-11-20)18-33-35-30(29-17-22-6-2-5-9-26(22)39-29)34-25-8-4-3-7-24(25)31(35)36/h2-18H,19H2,1H3. The average Bonchev–Trinajstić information content (AvgIpc) is 3.41. The third-order valence-electron chi connectivity index (χ3n) is 6.22. The summed E-state index contributed by atoms with van der Waals surface area (Å²) in [6.45, 7) is 0.253. The van der Waals surface area contributed by atoms with Crippen molar-refractivity contribution in [2.24, 2.45) is 5.10 Å². The lowest BCUT2D eigenvalue weighted by molar-refractivity contribution is 0.284. The Morgan fingerprint density at radius 2 is 1.74 bits per heavy atom. The van der Waals surface area contributed by atoms with Crippen LogP contribution in [0.25, 0.3) is 33.5 Å². The smallest absolute Gasteiger partial charge is 0.282 e. The van der Waals surface area contributed by atoms with Gasteiger partial charge in [-0.05, 0) is 65.7 Å². The molecule has 0 fully saturated rings. The SMILES string of the molecule is COc1cc(C=Nn2c(-c3cc4ccccc4o3)nc3ccccc3c2=O)ccc1OCc1ccc(F)cc1. The van der Waals surface area contributed by atoms with Gasteiger partial charge in [-0.3, -0.25) is 4.79 Å². The summed E-state index contributed by atoms with van der Waals surface area (Å²) in [5, 5.41) is 5.84. The van der Waals surface area contributed by atoms with Crippen LogP contribution >= 0.6 is 0 Å². The summed E-state index contributed by atoms with van der Waals surface area (Å²) in [5.74, 6) is 1.42. The van der Waals surface area contributed by atoms with Crippen LogP contribution in [0.3, 0.4) is 0 Å². The lowest BCUT2D eigenvalue weighted by atomic mass is 10.2. The highest BCUT2D eigenvalue weighted by Crippen LogP contribution is 2.29. The van der Waals surface area contributed by atoms with E-state index in [9.17, 15) is 9.18 Å². The Kier molecular flexibility index (Phi) is 6.34. The van der Waals surface area contributed by atoms with Crippen LogP contribution < -0.4 is 15.0 Å². The monoisotopic (exact) mass is 519 g/mol. The van der Waals surface area contributed by atoms with Crippen LogP contribution in [0.1, 0.15) is 11.1 Å². The van der Waals surface area contributed by atoms with Crippen molar-refractivity contribution in [1.82, 2.24) is 9.66 Å². The number of methoxy groups -OCH3 is 1. The van der Waals surface area contributed by atoms with E-state index in [0.717, 1.165) is 10.9 Å². The minimum atomic E-state index is -0.321. The average molecular weight is 520 g/mol. The molecule has 6 rings (SSSR count). The van der Waals surface area contributed by atoms with Gasteiger partial charge in [-0.15, -0.1) is 0 Å². The lowest BCUT2D eigenvalue weighted by Crippen LogP contribution is -2.20. The van der Waals surface area contributed by atoms with Crippen molar-refractivity contribution < 1.29 is 18.3 Å². The van der Waals surface area contributed by atoms with Crippen molar-refractivity contribution >= 4 is 28.1 Å². The Hall–Kier alpha value is -5.24. The van der Waals surface area contributed by atoms with Crippen molar-refractivity contribution in [2.45, 2.75) is 6.61 Å². The normalized spacial score (nSPS) is 11.4. The minimum absolute atomic E-state index is 0.253. The van der Waals surface area contributed by atoms with E-state index in [1.54, 1.807) is 61.9 Å². The first kappa shape index (κ1) is 24.1. The molecule has 0 spiro atoms. The molecule has 2 aromatic heterocycles. The lowest BCUT2D eigenvalue weighted by Gasteiger charge is -2.11. The van der Waals surface area contributed by atoms with Crippen molar-refractivity contribution in [3.05, 3.63) is 124 Å². The summed E-state index contributed by atoms with van der Waals surface area (Å²) in [5.41, 5.74) is 2.42. The van der Waals surface area contributed by atoms with E-state index in [4.69, 9.17) is 18.9 Å². The summed E-state index contributed by atoms with van der Waals surface area (Å²) < 4.78 is 31.8. The largest absolute Gasteiger partial charge is 0.493 e. The number of fused-ring (bicyclic) bond motifs is 2. The molecule has 0 saturated carbocycles. The molecule has 0 unspecified atom stereocenters. The fraction of sp³-hybridized carbons (Fsp3) is 0.0645. The Bertz CT molecular complexity index is 1860. The topological polar surface area (TPSA) is 78.9 Å². The molecular weight excluding hydrogens is 497 g/mol. The number of hydrogen-bond acceptors (Lipinski definition) is 6. The zero-order valence-corrected chi connectivity index (χ0v) is 20.9. The van der Waals surface area contributed by atoms with Gasteiger partial charge in [-0.2, -0.15) is 9.78 Å². The molecule has 7 nitrogen and oxygen atoms in total. The summed E-state index contributed by atoms with van der Waals surface area (Å²) in [6.07, 6.45) is 1.55. The van der Waals surface area contributed by atoms with Gasteiger partial charge < -0.3 is 13.9 Å². The van der Waals surface area contributed by atoms with Crippen molar-refractivity contribution in [2.75, 3.05) is 7.11 Å². The Labute approximate surface area is 222 Å². The zero-order valence-electron chi connectivity index (χ0n) is 20.9. The Morgan fingerprint density at radius 3 is 2.56 bits per heavy atom. The van der Waals surface area contributed by atoms with Gasteiger partial charge in [0.1, 0.15) is 18.0 Å². The highest BCUT2D eigenvalue weighted by molar-refractivity contribution is 5.85. The number of benzene rings is 4. The van der Waals surface area contributed by atoms with Crippen LogP contribution in [0.2, 0.25) is 0 Å². The van der Waals surface area contributed by atoms with Gasteiger partial charge in [0.15, 0.2) is 17.3 Å². The molecule has 0 radical (unpaired) electrons. The van der Waals surface area contributed by atoms with E-state index >= 15 is 0 Å². The van der Waals surface area contributed by atoms with Crippen LogP contribution in [0, 0.1) is 5.82 Å². The summed E-state index contributed by atoms with van der Waals surface area (Å²) >= 11 is 0. The van der Waals surface area contributed by atoms with E-state index in [1.807, 2.05) is 36.4 Å². The van der Waals surface area contributed by atoms with Gasteiger partial charge in [0, 0.05) is 5.39 Å². The molecule has 0 bridgehead atoms. The second-order valence-corrected chi connectivity index (χ2v) is 8.79.